The van der Waals surface area contributed by atoms with E-state index in [-0.39, 0.29) is 31.1 Å². The van der Waals surface area contributed by atoms with Gasteiger partial charge in [0, 0.05) is 19.3 Å². The van der Waals surface area contributed by atoms with Crippen molar-refractivity contribution in [3.8, 4) is 0 Å². The summed E-state index contributed by atoms with van der Waals surface area (Å²) in [6, 6.07) is 0. The summed E-state index contributed by atoms with van der Waals surface area (Å²) in [5.74, 6) is -0.902. The van der Waals surface area contributed by atoms with Gasteiger partial charge in [0.25, 0.3) is 0 Å². The maximum absolute atomic E-state index is 12.8. The molecule has 0 aromatic rings. The monoisotopic (exact) mass is 1050 g/mol. The average molecular weight is 1050 g/mol. The summed E-state index contributed by atoms with van der Waals surface area (Å²) in [6.07, 6.45) is 88.1. The molecule has 0 aromatic carbocycles. The third kappa shape index (κ3) is 60.7. The Labute approximate surface area is 469 Å². The molecule has 6 nitrogen and oxygen atoms in total. The van der Waals surface area contributed by atoms with Crippen molar-refractivity contribution in [3.05, 3.63) is 122 Å². The van der Waals surface area contributed by atoms with Crippen LogP contribution in [0.1, 0.15) is 284 Å². The predicted molar refractivity (Wildman–Crippen MR) is 330 cm³/mol. The summed E-state index contributed by atoms with van der Waals surface area (Å²) < 4.78 is 16.8. The SMILES string of the molecule is CC/C=C\C/C=C\C/C=C\C/C=C\C/C=C\CCCCCCCCCCCCCCCC(=O)OCC(COC(=O)CCCCCCCC)OC(=O)CCCCCCCCC/C=C\C/C=C\C/C=C\C/C=C\C/C=C\CC. The largest absolute Gasteiger partial charge is 0.462 e. The Morgan fingerprint density at radius 2 is 0.513 bits per heavy atom. The number of carbonyl (C=O) groups excluding carboxylic acids is 3. The molecule has 0 N–H and O–H groups in total. The lowest BCUT2D eigenvalue weighted by molar-refractivity contribution is -0.167. The topological polar surface area (TPSA) is 78.9 Å². The second-order valence-electron chi connectivity index (χ2n) is 20.6. The van der Waals surface area contributed by atoms with Crippen molar-refractivity contribution in [2.24, 2.45) is 0 Å². The number of unbranched alkanes of at least 4 members (excludes halogenated alkanes) is 25. The minimum atomic E-state index is -0.784. The molecule has 0 saturated heterocycles. The molecule has 0 heterocycles. The zero-order chi connectivity index (χ0) is 55.0. The van der Waals surface area contributed by atoms with Crippen LogP contribution >= 0.6 is 0 Å². The van der Waals surface area contributed by atoms with Gasteiger partial charge >= 0.3 is 17.9 Å². The molecule has 0 rings (SSSR count). The van der Waals surface area contributed by atoms with Crippen molar-refractivity contribution in [2.75, 3.05) is 13.2 Å². The zero-order valence-corrected chi connectivity index (χ0v) is 49.5. The fourth-order valence-corrected chi connectivity index (χ4v) is 8.56. The van der Waals surface area contributed by atoms with E-state index in [0.29, 0.717) is 19.3 Å². The minimum Gasteiger partial charge on any atom is -0.462 e. The van der Waals surface area contributed by atoms with E-state index in [1.807, 2.05) is 0 Å². The van der Waals surface area contributed by atoms with Gasteiger partial charge in [-0.1, -0.05) is 277 Å². The molecule has 0 spiro atoms. The Kier molecular flexibility index (Phi) is 59.9. The van der Waals surface area contributed by atoms with Gasteiger partial charge in [-0.15, -0.1) is 0 Å². The fourth-order valence-electron chi connectivity index (χ4n) is 8.56. The molecule has 0 saturated carbocycles. The van der Waals surface area contributed by atoms with Crippen molar-refractivity contribution in [1.82, 2.24) is 0 Å². The lowest BCUT2D eigenvalue weighted by atomic mass is 10.0. The minimum absolute atomic E-state index is 0.0836. The van der Waals surface area contributed by atoms with Gasteiger partial charge in [-0.25, -0.2) is 0 Å². The van der Waals surface area contributed by atoms with E-state index in [1.54, 1.807) is 0 Å². The number of hydrogen-bond acceptors (Lipinski definition) is 6. The molecule has 0 fully saturated rings. The van der Waals surface area contributed by atoms with Crippen LogP contribution in [0.15, 0.2) is 122 Å². The van der Waals surface area contributed by atoms with Crippen LogP contribution in [-0.4, -0.2) is 37.2 Å². The van der Waals surface area contributed by atoms with Crippen molar-refractivity contribution in [2.45, 2.75) is 290 Å². The number of rotatable bonds is 56. The molecular formula is C70H116O6. The molecule has 432 valence electrons. The first-order valence-electron chi connectivity index (χ1n) is 31.5. The fraction of sp³-hybridized carbons (Fsp3) is 0.671. The maximum atomic E-state index is 12.8. The molecule has 1 unspecified atom stereocenters. The number of carbonyl (C=O) groups is 3. The van der Waals surface area contributed by atoms with Crippen molar-refractivity contribution in [3.63, 3.8) is 0 Å². The molecule has 0 radical (unpaired) electrons. The van der Waals surface area contributed by atoms with Crippen molar-refractivity contribution < 1.29 is 28.6 Å². The van der Waals surface area contributed by atoms with Crippen LogP contribution in [0.25, 0.3) is 0 Å². The number of esters is 3. The molecule has 0 aliphatic carbocycles. The molecule has 76 heavy (non-hydrogen) atoms. The molecule has 0 bridgehead atoms. The highest BCUT2D eigenvalue weighted by atomic mass is 16.6. The highest BCUT2D eigenvalue weighted by molar-refractivity contribution is 5.71. The lowest BCUT2D eigenvalue weighted by Crippen LogP contribution is -2.30. The van der Waals surface area contributed by atoms with E-state index in [2.05, 4.69) is 142 Å². The summed E-state index contributed by atoms with van der Waals surface area (Å²) in [6.45, 7) is 6.35. The van der Waals surface area contributed by atoms with Crippen LogP contribution in [0.4, 0.5) is 0 Å². The summed E-state index contributed by atoms with van der Waals surface area (Å²) >= 11 is 0. The van der Waals surface area contributed by atoms with Crippen LogP contribution in [0.3, 0.4) is 0 Å². The summed E-state index contributed by atoms with van der Waals surface area (Å²) in [5.41, 5.74) is 0. The first-order valence-corrected chi connectivity index (χ1v) is 31.5. The second-order valence-corrected chi connectivity index (χ2v) is 20.6. The molecule has 1 atom stereocenters. The van der Waals surface area contributed by atoms with Gasteiger partial charge in [-0.3, -0.25) is 14.4 Å². The number of ether oxygens (including phenoxy) is 3. The van der Waals surface area contributed by atoms with Gasteiger partial charge in [0.05, 0.1) is 0 Å². The van der Waals surface area contributed by atoms with Gasteiger partial charge in [-0.05, 0) is 109 Å². The van der Waals surface area contributed by atoms with E-state index >= 15 is 0 Å². The summed E-state index contributed by atoms with van der Waals surface area (Å²) in [5, 5.41) is 0. The molecule has 0 aromatic heterocycles. The van der Waals surface area contributed by atoms with E-state index in [0.717, 1.165) is 128 Å². The Morgan fingerprint density at radius 1 is 0.276 bits per heavy atom. The van der Waals surface area contributed by atoms with Crippen LogP contribution in [0.2, 0.25) is 0 Å². The van der Waals surface area contributed by atoms with Crippen LogP contribution in [0, 0.1) is 0 Å². The summed E-state index contributed by atoms with van der Waals surface area (Å²) in [7, 11) is 0. The van der Waals surface area contributed by atoms with Crippen LogP contribution in [-0.2, 0) is 28.6 Å². The second kappa shape index (κ2) is 63.3. The highest BCUT2D eigenvalue weighted by Gasteiger charge is 2.19. The highest BCUT2D eigenvalue weighted by Crippen LogP contribution is 2.16. The van der Waals surface area contributed by atoms with E-state index in [1.165, 1.54) is 116 Å². The first-order chi connectivity index (χ1) is 37.5. The van der Waals surface area contributed by atoms with E-state index < -0.39 is 6.10 Å². The molecule has 6 heteroatoms. The van der Waals surface area contributed by atoms with Crippen molar-refractivity contribution in [1.29, 1.82) is 0 Å². The van der Waals surface area contributed by atoms with Gasteiger partial charge < -0.3 is 14.2 Å². The Morgan fingerprint density at radius 3 is 0.803 bits per heavy atom. The average Bonchev–Trinajstić information content (AvgIpc) is 3.42. The van der Waals surface area contributed by atoms with E-state index in [9.17, 15) is 14.4 Å². The van der Waals surface area contributed by atoms with Gasteiger partial charge in [0.2, 0.25) is 0 Å². The van der Waals surface area contributed by atoms with Crippen molar-refractivity contribution >= 4 is 17.9 Å². The Bertz CT molecular complexity index is 1590. The Hall–Kier alpha value is -4.19. The maximum Gasteiger partial charge on any atom is 0.306 e. The molecular weight excluding hydrogens is 937 g/mol. The lowest BCUT2D eigenvalue weighted by Gasteiger charge is -2.18. The first kappa shape index (κ1) is 71.8. The van der Waals surface area contributed by atoms with Crippen LogP contribution in [0.5, 0.6) is 0 Å². The molecule has 0 aliphatic heterocycles. The smallest absolute Gasteiger partial charge is 0.306 e. The van der Waals surface area contributed by atoms with Gasteiger partial charge in [0.15, 0.2) is 6.10 Å². The summed E-state index contributed by atoms with van der Waals surface area (Å²) in [4.78, 5) is 38.0. The zero-order valence-electron chi connectivity index (χ0n) is 49.5. The quantitative estimate of drug-likeness (QED) is 0.0261. The molecule has 0 aliphatic rings. The van der Waals surface area contributed by atoms with Gasteiger partial charge in [0.1, 0.15) is 13.2 Å². The predicted octanol–water partition coefficient (Wildman–Crippen LogP) is 21.6. The Balaban J connectivity index is 4.12. The standard InChI is InChI=1S/C70H116O6/c1-4-7-10-13-16-18-20-22-24-26-28-30-32-33-34-35-36-37-39-40-42-44-46-48-50-52-54-57-60-63-69(72)75-66-67(65-74-68(71)62-59-56-15-12-9-6-3)76-70(73)64-61-58-55-53-51-49-47-45-43-41-38-31-29-27-25-23-21-19-17-14-11-8-5-2/h7-8,10-11,16-19,22-25,28-31,33-34,41,43,67H,4-6,9,12-15,20-21,26-27,32,35-40,42,44-66H2,1-3H3/b10-7-,11-8-,18-16-,19-17-,24-22-,25-23-,30-28-,31-29-,34-33-,43-41-. The van der Waals surface area contributed by atoms with Gasteiger partial charge in [-0.2, -0.15) is 0 Å². The molecule has 0 amide bonds. The van der Waals surface area contributed by atoms with Crippen LogP contribution < -0.4 is 0 Å². The van der Waals surface area contributed by atoms with E-state index in [4.69, 9.17) is 14.2 Å². The third-order valence-electron chi connectivity index (χ3n) is 13.2. The number of allylic oxidation sites excluding steroid dienone is 20. The number of hydrogen-bond donors (Lipinski definition) is 0. The normalized spacial score (nSPS) is 12.9. The third-order valence-corrected chi connectivity index (χ3v) is 13.2.